The molecule has 0 aliphatic rings. The quantitative estimate of drug-likeness (QED) is 0.697. The van der Waals surface area contributed by atoms with Gasteiger partial charge in [0.1, 0.15) is 0 Å². The highest BCUT2D eigenvalue weighted by atomic mass is 32.2. The average Bonchev–Trinajstić information content (AvgIpc) is 2.29. The van der Waals surface area contributed by atoms with Gasteiger partial charge in [0.2, 0.25) is 10.0 Å². The Morgan fingerprint density at radius 3 is 2.50 bits per heavy atom. The number of nitrogens with one attached hydrogen (secondary N) is 2. The van der Waals surface area contributed by atoms with Crippen molar-refractivity contribution in [2.24, 2.45) is 0 Å². The second-order valence-electron chi connectivity index (χ2n) is 4.05. The van der Waals surface area contributed by atoms with Crippen LogP contribution in [0.25, 0.3) is 0 Å². The summed E-state index contributed by atoms with van der Waals surface area (Å²) in [5.74, 6) is -0.317. The van der Waals surface area contributed by atoms with Crippen molar-refractivity contribution in [3.8, 4) is 0 Å². The summed E-state index contributed by atoms with van der Waals surface area (Å²) in [6.45, 7) is 1.72. The Hall–Kier alpha value is -1.48. The summed E-state index contributed by atoms with van der Waals surface area (Å²) in [7, 11) is -3.48. The number of rotatable bonds is 6. The van der Waals surface area contributed by atoms with Crippen LogP contribution in [0.5, 0.6) is 0 Å². The van der Waals surface area contributed by atoms with Gasteiger partial charge in [0.25, 0.3) is 0 Å². The molecule has 0 saturated heterocycles. The van der Waals surface area contributed by atoms with E-state index in [4.69, 9.17) is 5.73 Å². The summed E-state index contributed by atoms with van der Waals surface area (Å²) in [4.78, 5) is 0. The van der Waals surface area contributed by atoms with E-state index >= 15 is 0 Å². The van der Waals surface area contributed by atoms with Gasteiger partial charge in [-0.3, -0.25) is 0 Å². The maximum absolute atomic E-state index is 12.8. The van der Waals surface area contributed by atoms with Gasteiger partial charge in [-0.05, 0) is 18.2 Å². The highest BCUT2D eigenvalue weighted by molar-refractivity contribution is 7.89. The van der Waals surface area contributed by atoms with Crippen LogP contribution in [-0.2, 0) is 16.2 Å². The minimum atomic E-state index is -4.56. The van der Waals surface area contributed by atoms with Crippen molar-refractivity contribution in [1.29, 1.82) is 0 Å². The molecule has 1 aromatic rings. The molecule has 114 valence electrons. The van der Waals surface area contributed by atoms with Crippen LogP contribution in [-0.4, -0.2) is 27.3 Å². The van der Waals surface area contributed by atoms with Crippen LogP contribution < -0.4 is 15.8 Å². The Labute approximate surface area is 115 Å². The van der Waals surface area contributed by atoms with Crippen LogP contribution >= 0.6 is 0 Å². The van der Waals surface area contributed by atoms with Crippen LogP contribution in [0.2, 0.25) is 0 Å². The van der Waals surface area contributed by atoms with Crippen LogP contribution in [0.3, 0.4) is 0 Å². The molecule has 0 amide bonds. The molecule has 0 bridgehead atoms. The molecule has 0 spiro atoms. The van der Waals surface area contributed by atoms with E-state index in [1.807, 2.05) is 0 Å². The molecule has 0 radical (unpaired) electrons. The molecule has 4 N–H and O–H groups in total. The van der Waals surface area contributed by atoms with Crippen molar-refractivity contribution < 1.29 is 21.6 Å². The maximum atomic E-state index is 12.8. The molecule has 0 fully saturated rings. The lowest BCUT2D eigenvalue weighted by Crippen LogP contribution is -2.29. The molecule has 0 aliphatic heterocycles. The van der Waals surface area contributed by atoms with Crippen LogP contribution in [0.4, 0.5) is 24.5 Å². The van der Waals surface area contributed by atoms with Gasteiger partial charge in [0.15, 0.2) is 0 Å². The Morgan fingerprint density at radius 1 is 1.30 bits per heavy atom. The minimum Gasteiger partial charge on any atom is -0.399 e. The lowest BCUT2D eigenvalue weighted by atomic mass is 10.1. The van der Waals surface area contributed by atoms with Crippen LogP contribution in [0.15, 0.2) is 18.2 Å². The number of nitrogens with two attached hydrogens (primary N) is 1. The highest BCUT2D eigenvalue weighted by Crippen LogP contribution is 2.35. The van der Waals surface area contributed by atoms with E-state index in [1.165, 1.54) is 12.1 Å². The van der Waals surface area contributed by atoms with Crippen molar-refractivity contribution in [2.75, 3.05) is 29.9 Å². The molecule has 0 unspecified atom stereocenters. The van der Waals surface area contributed by atoms with Gasteiger partial charge < -0.3 is 11.1 Å². The number of halogens is 3. The van der Waals surface area contributed by atoms with Gasteiger partial charge in [-0.15, -0.1) is 0 Å². The lowest BCUT2D eigenvalue weighted by molar-refractivity contribution is -0.136. The number of sulfonamides is 1. The summed E-state index contributed by atoms with van der Waals surface area (Å²) in [5, 5.41) is 2.47. The smallest absolute Gasteiger partial charge is 0.399 e. The Kier molecular flexibility index (Phi) is 5.23. The molecule has 0 heterocycles. The zero-order valence-corrected chi connectivity index (χ0v) is 11.6. The van der Waals surface area contributed by atoms with E-state index in [0.717, 1.165) is 6.07 Å². The minimum absolute atomic E-state index is 0.0110. The van der Waals surface area contributed by atoms with E-state index in [1.54, 1.807) is 6.92 Å². The fraction of sp³-hybridized carbons (Fsp3) is 0.455. The van der Waals surface area contributed by atoms with Crippen molar-refractivity contribution >= 4 is 21.4 Å². The third-order valence-electron chi connectivity index (χ3n) is 2.40. The summed E-state index contributed by atoms with van der Waals surface area (Å²) in [6.07, 6.45) is -4.56. The Morgan fingerprint density at radius 2 is 1.95 bits per heavy atom. The van der Waals surface area contributed by atoms with Crippen molar-refractivity contribution in [3.63, 3.8) is 0 Å². The molecule has 9 heteroatoms. The summed E-state index contributed by atoms with van der Waals surface area (Å²) in [5.41, 5.74) is 4.20. The predicted octanol–water partition coefficient (Wildman–Crippen LogP) is 1.64. The van der Waals surface area contributed by atoms with E-state index in [9.17, 15) is 21.6 Å². The topological polar surface area (TPSA) is 84.2 Å². The number of hydrogen-bond donors (Lipinski definition) is 3. The van der Waals surface area contributed by atoms with Crippen molar-refractivity contribution in [2.45, 2.75) is 13.1 Å². The number of nitrogen functional groups attached to an aromatic ring is 1. The Bertz CT molecular complexity index is 559. The molecule has 1 rings (SSSR count). The van der Waals surface area contributed by atoms with Gasteiger partial charge >= 0.3 is 6.18 Å². The zero-order valence-electron chi connectivity index (χ0n) is 10.8. The van der Waals surface area contributed by atoms with Gasteiger partial charge in [-0.1, -0.05) is 6.92 Å². The van der Waals surface area contributed by atoms with Gasteiger partial charge in [0, 0.05) is 24.5 Å². The second-order valence-corrected chi connectivity index (χ2v) is 5.97. The predicted molar refractivity (Wildman–Crippen MR) is 71.8 cm³/mol. The van der Waals surface area contributed by atoms with Crippen LogP contribution in [0, 0.1) is 0 Å². The number of anilines is 2. The summed E-state index contributed by atoms with van der Waals surface area (Å²) < 4.78 is 63.3. The van der Waals surface area contributed by atoms with E-state index in [0.29, 0.717) is 0 Å². The van der Waals surface area contributed by atoms with E-state index < -0.39 is 21.8 Å². The Balaban J connectivity index is 2.79. The van der Waals surface area contributed by atoms with Gasteiger partial charge in [0.05, 0.1) is 11.3 Å². The highest BCUT2D eigenvalue weighted by Gasteiger charge is 2.33. The van der Waals surface area contributed by atoms with E-state index in [2.05, 4.69) is 10.0 Å². The fourth-order valence-corrected chi connectivity index (χ4v) is 2.52. The lowest BCUT2D eigenvalue weighted by Gasteiger charge is -2.15. The number of hydrogen-bond acceptors (Lipinski definition) is 4. The first kappa shape index (κ1) is 16.6. The summed E-state index contributed by atoms with van der Waals surface area (Å²) >= 11 is 0. The first-order valence-corrected chi connectivity index (χ1v) is 7.49. The monoisotopic (exact) mass is 311 g/mol. The molecule has 20 heavy (non-hydrogen) atoms. The third kappa shape index (κ3) is 4.89. The normalized spacial score (nSPS) is 12.4. The zero-order chi connectivity index (χ0) is 15.4. The fourth-order valence-electron chi connectivity index (χ4n) is 1.56. The second kappa shape index (κ2) is 6.31. The third-order valence-corrected chi connectivity index (χ3v) is 3.87. The van der Waals surface area contributed by atoms with Crippen LogP contribution in [0.1, 0.15) is 12.5 Å². The van der Waals surface area contributed by atoms with E-state index in [-0.39, 0.29) is 30.2 Å². The standard InChI is InChI=1S/C11H16F3N3O2S/c1-2-17-20(18,19)6-5-16-10-4-3-8(15)7-9(10)11(12,13)14/h3-4,7,16-17H,2,5-6,15H2,1H3. The molecule has 0 aliphatic carbocycles. The number of alkyl halides is 3. The molecular formula is C11H16F3N3O2S. The SMILES string of the molecule is CCNS(=O)(=O)CCNc1ccc(N)cc1C(F)(F)F. The number of benzene rings is 1. The largest absolute Gasteiger partial charge is 0.418 e. The van der Waals surface area contributed by atoms with Crippen molar-refractivity contribution in [1.82, 2.24) is 4.72 Å². The first-order valence-electron chi connectivity index (χ1n) is 5.83. The molecule has 0 atom stereocenters. The molecule has 1 aromatic carbocycles. The molecule has 0 saturated carbocycles. The first-order chi connectivity index (χ1) is 9.15. The molecule has 5 nitrogen and oxygen atoms in total. The van der Waals surface area contributed by atoms with Crippen molar-refractivity contribution in [3.05, 3.63) is 23.8 Å². The maximum Gasteiger partial charge on any atom is 0.418 e. The summed E-state index contributed by atoms with van der Waals surface area (Å²) in [6, 6.07) is 3.30. The average molecular weight is 311 g/mol. The van der Waals surface area contributed by atoms with Gasteiger partial charge in [-0.2, -0.15) is 13.2 Å². The molecule has 0 aromatic heterocycles. The molecular weight excluding hydrogens is 295 g/mol. The van der Waals surface area contributed by atoms with Gasteiger partial charge in [-0.25, -0.2) is 13.1 Å².